The Balaban J connectivity index is 3.22. The minimum atomic E-state index is -3.34. The van der Waals surface area contributed by atoms with E-state index in [-0.39, 0.29) is 6.54 Å². The van der Waals surface area contributed by atoms with Crippen molar-refractivity contribution in [3.05, 3.63) is 29.6 Å². The van der Waals surface area contributed by atoms with Gasteiger partial charge in [0.05, 0.1) is 11.9 Å². The van der Waals surface area contributed by atoms with E-state index in [1.54, 1.807) is 6.92 Å². The number of halogens is 1. The highest BCUT2D eigenvalue weighted by molar-refractivity contribution is 7.92. The van der Waals surface area contributed by atoms with Crippen LogP contribution in [0.25, 0.3) is 0 Å². The van der Waals surface area contributed by atoms with Crippen LogP contribution >= 0.6 is 0 Å². The number of rotatable bonds is 4. The molecule has 0 heterocycles. The Kier molecular flexibility index (Phi) is 3.88. The molecule has 90 valence electrons. The molecule has 0 bridgehead atoms. The molecule has 1 rings (SSSR count). The van der Waals surface area contributed by atoms with E-state index in [1.807, 2.05) is 0 Å². The Hall–Kier alpha value is -1.14. The second kappa shape index (κ2) is 4.80. The van der Waals surface area contributed by atoms with Crippen LogP contribution in [0.3, 0.4) is 0 Å². The molecule has 1 aromatic rings. The van der Waals surface area contributed by atoms with Crippen molar-refractivity contribution >= 4 is 15.7 Å². The van der Waals surface area contributed by atoms with Gasteiger partial charge in [-0.1, -0.05) is 0 Å². The Morgan fingerprint density at radius 3 is 2.50 bits per heavy atom. The van der Waals surface area contributed by atoms with Gasteiger partial charge in [0.1, 0.15) is 5.82 Å². The van der Waals surface area contributed by atoms with Gasteiger partial charge in [-0.05, 0) is 25.1 Å². The topological polar surface area (TPSA) is 63.4 Å². The molecule has 0 aliphatic heterocycles. The van der Waals surface area contributed by atoms with Crippen molar-refractivity contribution in [3.63, 3.8) is 0 Å². The molecule has 0 spiro atoms. The largest absolute Gasteiger partial charge is 0.326 e. The Morgan fingerprint density at radius 2 is 2.06 bits per heavy atom. The first kappa shape index (κ1) is 12.9. The van der Waals surface area contributed by atoms with E-state index < -0.39 is 15.8 Å². The number of nitrogens with two attached hydrogens (primary N) is 1. The van der Waals surface area contributed by atoms with Crippen molar-refractivity contribution in [2.75, 3.05) is 17.1 Å². The number of sulfonamides is 1. The maximum atomic E-state index is 13.2. The summed E-state index contributed by atoms with van der Waals surface area (Å²) in [6.45, 7) is 2.06. The zero-order chi connectivity index (χ0) is 12.3. The summed E-state index contributed by atoms with van der Waals surface area (Å²) >= 11 is 0. The fraction of sp³-hybridized carbons (Fsp3) is 0.400. The van der Waals surface area contributed by atoms with E-state index in [9.17, 15) is 12.8 Å². The van der Waals surface area contributed by atoms with Crippen molar-refractivity contribution in [1.29, 1.82) is 0 Å². The Bertz CT molecular complexity index is 474. The second-order valence-electron chi connectivity index (χ2n) is 3.41. The molecular formula is C10H15FN2O2S. The van der Waals surface area contributed by atoms with Gasteiger partial charge >= 0.3 is 0 Å². The van der Waals surface area contributed by atoms with Crippen LogP contribution in [0.15, 0.2) is 18.2 Å². The monoisotopic (exact) mass is 246 g/mol. The molecule has 0 amide bonds. The molecule has 0 fully saturated rings. The quantitative estimate of drug-likeness (QED) is 0.864. The molecule has 0 aliphatic carbocycles. The van der Waals surface area contributed by atoms with Crippen molar-refractivity contribution in [2.45, 2.75) is 13.5 Å². The Morgan fingerprint density at radius 1 is 1.44 bits per heavy atom. The zero-order valence-electron chi connectivity index (χ0n) is 9.27. The van der Waals surface area contributed by atoms with Crippen LogP contribution < -0.4 is 10.0 Å². The standard InChI is InChI=1S/C10H15FN2O2S/c1-3-13(16(2,14)15)9-4-5-10(11)8(6-9)7-12/h4-6H,3,7,12H2,1-2H3. The molecule has 0 saturated carbocycles. The van der Waals surface area contributed by atoms with E-state index in [1.165, 1.54) is 22.5 Å². The van der Waals surface area contributed by atoms with Crippen LogP contribution in [-0.4, -0.2) is 21.2 Å². The van der Waals surface area contributed by atoms with Crippen LogP contribution in [0.2, 0.25) is 0 Å². The maximum absolute atomic E-state index is 13.2. The number of hydrogen-bond acceptors (Lipinski definition) is 3. The molecule has 0 saturated heterocycles. The lowest BCUT2D eigenvalue weighted by Crippen LogP contribution is -2.29. The third-order valence-corrected chi connectivity index (χ3v) is 3.49. The molecule has 2 N–H and O–H groups in total. The molecule has 0 unspecified atom stereocenters. The molecule has 4 nitrogen and oxygen atoms in total. The van der Waals surface area contributed by atoms with Gasteiger partial charge in [0.25, 0.3) is 0 Å². The number of anilines is 1. The van der Waals surface area contributed by atoms with Gasteiger partial charge in [-0.15, -0.1) is 0 Å². The highest BCUT2D eigenvalue weighted by Crippen LogP contribution is 2.20. The molecule has 0 atom stereocenters. The van der Waals surface area contributed by atoms with Crippen LogP contribution in [-0.2, 0) is 16.6 Å². The lowest BCUT2D eigenvalue weighted by molar-refractivity contribution is 0.596. The van der Waals surface area contributed by atoms with E-state index in [0.29, 0.717) is 17.8 Å². The second-order valence-corrected chi connectivity index (χ2v) is 5.31. The summed E-state index contributed by atoms with van der Waals surface area (Å²) in [5.74, 6) is -0.421. The van der Waals surface area contributed by atoms with Gasteiger partial charge in [0.15, 0.2) is 0 Å². The van der Waals surface area contributed by atoms with E-state index in [0.717, 1.165) is 6.26 Å². The zero-order valence-corrected chi connectivity index (χ0v) is 10.1. The van der Waals surface area contributed by atoms with Gasteiger partial charge < -0.3 is 5.73 Å². The first-order valence-electron chi connectivity index (χ1n) is 4.86. The third kappa shape index (κ3) is 2.70. The molecule has 16 heavy (non-hydrogen) atoms. The predicted molar refractivity (Wildman–Crippen MR) is 62.2 cm³/mol. The Labute approximate surface area is 94.9 Å². The van der Waals surface area contributed by atoms with Crippen molar-refractivity contribution in [2.24, 2.45) is 5.73 Å². The van der Waals surface area contributed by atoms with Gasteiger partial charge in [-0.2, -0.15) is 0 Å². The summed E-state index contributed by atoms with van der Waals surface area (Å²) in [6.07, 6.45) is 1.11. The van der Waals surface area contributed by atoms with Crippen LogP contribution in [0.4, 0.5) is 10.1 Å². The smallest absolute Gasteiger partial charge is 0.232 e. The first-order valence-corrected chi connectivity index (χ1v) is 6.71. The lowest BCUT2D eigenvalue weighted by atomic mass is 10.2. The predicted octanol–water partition coefficient (Wildman–Crippen LogP) is 1.07. The van der Waals surface area contributed by atoms with Crippen molar-refractivity contribution < 1.29 is 12.8 Å². The minimum Gasteiger partial charge on any atom is -0.326 e. The average Bonchev–Trinajstić information content (AvgIpc) is 2.19. The fourth-order valence-corrected chi connectivity index (χ4v) is 2.45. The molecule has 0 aromatic heterocycles. The molecule has 1 aromatic carbocycles. The van der Waals surface area contributed by atoms with E-state index in [2.05, 4.69) is 0 Å². The summed E-state index contributed by atoms with van der Waals surface area (Å²) in [7, 11) is -3.34. The minimum absolute atomic E-state index is 0.0426. The summed E-state index contributed by atoms with van der Waals surface area (Å²) in [5, 5.41) is 0. The van der Waals surface area contributed by atoms with E-state index >= 15 is 0 Å². The van der Waals surface area contributed by atoms with Crippen molar-refractivity contribution in [1.82, 2.24) is 0 Å². The van der Waals surface area contributed by atoms with Gasteiger partial charge in [0, 0.05) is 18.7 Å². The number of benzene rings is 1. The summed E-state index contributed by atoms with van der Waals surface area (Å²) in [4.78, 5) is 0. The summed E-state index contributed by atoms with van der Waals surface area (Å²) in [5.41, 5.74) is 6.10. The maximum Gasteiger partial charge on any atom is 0.232 e. The highest BCUT2D eigenvalue weighted by atomic mass is 32.2. The van der Waals surface area contributed by atoms with Gasteiger partial charge in [-0.3, -0.25) is 4.31 Å². The SMILES string of the molecule is CCN(c1ccc(F)c(CN)c1)S(C)(=O)=O. The molecule has 6 heteroatoms. The van der Waals surface area contributed by atoms with Crippen LogP contribution in [0, 0.1) is 5.82 Å². The molecule has 0 aliphatic rings. The lowest BCUT2D eigenvalue weighted by Gasteiger charge is -2.21. The summed E-state index contributed by atoms with van der Waals surface area (Å²) in [6, 6.07) is 4.12. The average molecular weight is 246 g/mol. The normalized spacial score (nSPS) is 11.5. The molecule has 0 radical (unpaired) electrons. The van der Waals surface area contributed by atoms with Gasteiger partial charge in [0.2, 0.25) is 10.0 Å². The van der Waals surface area contributed by atoms with E-state index in [4.69, 9.17) is 5.73 Å². The third-order valence-electron chi connectivity index (χ3n) is 2.22. The first-order chi connectivity index (χ1) is 7.40. The summed E-state index contributed by atoms with van der Waals surface area (Å²) < 4.78 is 37.3. The molecular weight excluding hydrogens is 231 g/mol. The van der Waals surface area contributed by atoms with Crippen molar-refractivity contribution in [3.8, 4) is 0 Å². The number of hydrogen-bond donors (Lipinski definition) is 1. The highest BCUT2D eigenvalue weighted by Gasteiger charge is 2.16. The van der Waals surface area contributed by atoms with Gasteiger partial charge in [-0.25, -0.2) is 12.8 Å². The number of nitrogens with zero attached hydrogens (tertiary/aromatic N) is 1. The van der Waals surface area contributed by atoms with Crippen LogP contribution in [0.5, 0.6) is 0 Å². The van der Waals surface area contributed by atoms with Crippen LogP contribution in [0.1, 0.15) is 12.5 Å². The fourth-order valence-electron chi connectivity index (χ4n) is 1.48.